The van der Waals surface area contributed by atoms with Crippen molar-refractivity contribution in [2.75, 3.05) is 0 Å². The summed E-state index contributed by atoms with van der Waals surface area (Å²) in [4.78, 5) is 11.6. The normalized spacial score (nSPS) is 36.6. The van der Waals surface area contributed by atoms with E-state index in [2.05, 4.69) is 6.92 Å². The highest BCUT2D eigenvalue weighted by Gasteiger charge is 2.44. The molecular formula is C12H20O2. The first-order valence-corrected chi connectivity index (χ1v) is 6.03. The van der Waals surface area contributed by atoms with E-state index in [4.69, 9.17) is 4.74 Å². The molecule has 2 aliphatic rings. The summed E-state index contributed by atoms with van der Waals surface area (Å²) in [5.41, 5.74) is 0. The van der Waals surface area contributed by atoms with E-state index < -0.39 is 0 Å². The zero-order valence-electron chi connectivity index (χ0n) is 9.00. The Balaban J connectivity index is 1.95. The maximum atomic E-state index is 11.6. The summed E-state index contributed by atoms with van der Waals surface area (Å²) in [5.74, 6) is 0.907. The predicted octanol–water partition coefficient (Wildman–Crippen LogP) is 2.91. The fourth-order valence-corrected chi connectivity index (χ4v) is 2.90. The summed E-state index contributed by atoms with van der Waals surface area (Å²) >= 11 is 0. The molecule has 3 atom stereocenters. The Hall–Kier alpha value is -0.530. The minimum Gasteiger partial charge on any atom is -0.462 e. The largest absolute Gasteiger partial charge is 0.462 e. The highest BCUT2D eigenvalue weighted by molar-refractivity contribution is 5.75. The average molecular weight is 196 g/mol. The fraction of sp³-hybridized carbons (Fsp3) is 0.917. The van der Waals surface area contributed by atoms with Crippen molar-refractivity contribution in [2.45, 2.75) is 58.0 Å². The molecule has 0 aromatic heterocycles. The third kappa shape index (κ3) is 1.79. The second-order valence-corrected chi connectivity index (χ2v) is 4.67. The SMILES string of the molecule is CCCC[C@@H]1OC(=O)[C@H]2CCCC[C@@H]12. The van der Waals surface area contributed by atoms with Gasteiger partial charge in [-0.15, -0.1) is 0 Å². The second-order valence-electron chi connectivity index (χ2n) is 4.67. The number of unbranched alkanes of at least 4 members (excludes halogenated alkanes) is 1. The molecule has 14 heavy (non-hydrogen) atoms. The zero-order chi connectivity index (χ0) is 9.97. The van der Waals surface area contributed by atoms with Gasteiger partial charge < -0.3 is 4.74 Å². The van der Waals surface area contributed by atoms with E-state index in [0.717, 1.165) is 12.8 Å². The second kappa shape index (κ2) is 4.33. The molecule has 0 unspecified atom stereocenters. The van der Waals surface area contributed by atoms with Gasteiger partial charge in [-0.2, -0.15) is 0 Å². The molecule has 1 saturated carbocycles. The Morgan fingerprint density at radius 3 is 2.93 bits per heavy atom. The number of rotatable bonds is 3. The molecule has 0 radical (unpaired) electrons. The van der Waals surface area contributed by atoms with Crippen LogP contribution in [0.5, 0.6) is 0 Å². The molecule has 1 heterocycles. The summed E-state index contributed by atoms with van der Waals surface area (Å²) in [5, 5.41) is 0. The van der Waals surface area contributed by atoms with Crippen molar-refractivity contribution in [1.82, 2.24) is 0 Å². The topological polar surface area (TPSA) is 26.3 Å². The van der Waals surface area contributed by atoms with Gasteiger partial charge in [0.2, 0.25) is 0 Å². The van der Waals surface area contributed by atoms with Crippen molar-refractivity contribution in [1.29, 1.82) is 0 Å². The molecule has 2 heteroatoms. The molecule has 2 fully saturated rings. The lowest BCUT2D eigenvalue weighted by Crippen LogP contribution is -2.24. The van der Waals surface area contributed by atoms with Gasteiger partial charge in [0.25, 0.3) is 0 Å². The van der Waals surface area contributed by atoms with Crippen LogP contribution in [-0.2, 0) is 9.53 Å². The third-order valence-electron chi connectivity index (χ3n) is 3.71. The number of hydrogen-bond acceptors (Lipinski definition) is 2. The molecule has 1 aliphatic carbocycles. The van der Waals surface area contributed by atoms with Gasteiger partial charge in [0.05, 0.1) is 5.92 Å². The van der Waals surface area contributed by atoms with Crippen LogP contribution in [-0.4, -0.2) is 12.1 Å². The number of cyclic esters (lactones) is 1. The Kier molecular flexibility index (Phi) is 3.09. The van der Waals surface area contributed by atoms with Crippen molar-refractivity contribution in [3.05, 3.63) is 0 Å². The van der Waals surface area contributed by atoms with Gasteiger partial charge in [-0.1, -0.05) is 32.6 Å². The summed E-state index contributed by atoms with van der Waals surface area (Å²) in [6, 6.07) is 0. The van der Waals surface area contributed by atoms with Gasteiger partial charge in [0.15, 0.2) is 0 Å². The summed E-state index contributed by atoms with van der Waals surface area (Å²) < 4.78 is 5.47. The van der Waals surface area contributed by atoms with Crippen LogP contribution in [0.3, 0.4) is 0 Å². The van der Waals surface area contributed by atoms with Crippen LogP contribution in [0.4, 0.5) is 0 Å². The number of carbonyl (C=O) groups excluding carboxylic acids is 1. The van der Waals surface area contributed by atoms with Crippen LogP contribution in [0, 0.1) is 11.8 Å². The van der Waals surface area contributed by atoms with Crippen molar-refractivity contribution in [3.8, 4) is 0 Å². The lowest BCUT2D eigenvalue weighted by atomic mass is 9.77. The zero-order valence-corrected chi connectivity index (χ0v) is 9.00. The molecule has 0 aromatic carbocycles. The van der Waals surface area contributed by atoms with Gasteiger partial charge in [0.1, 0.15) is 6.10 Å². The Morgan fingerprint density at radius 1 is 1.36 bits per heavy atom. The lowest BCUT2D eigenvalue weighted by molar-refractivity contribution is -0.144. The van der Waals surface area contributed by atoms with Crippen molar-refractivity contribution in [3.63, 3.8) is 0 Å². The molecule has 2 rings (SSSR count). The van der Waals surface area contributed by atoms with E-state index in [0.29, 0.717) is 5.92 Å². The highest BCUT2D eigenvalue weighted by Crippen LogP contribution is 2.41. The monoisotopic (exact) mass is 196 g/mol. The molecule has 0 spiro atoms. The minimum absolute atomic E-state index is 0.0933. The molecular weight excluding hydrogens is 176 g/mol. The molecule has 0 N–H and O–H groups in total. The van der Waals surface area contributed by atoms with Gasteiger partial charge in [-0.05, 0) is 19.3 Å². The number of ether oxygens (including phenoxy) is 1. The summed E-state index contributed by atoms with van der Waals surface area (Å²) in [6.07, 6.45) is 8.54. The predicted molar refractivity (Wildman–Crippen MR) is 54.9 cm³/mol. The molecule has 0 bridgehead atoms. The fourth-order valence-electron chi connectivity index (χ4n) is 2.90. The van der Waals surface area contributed by atoms with Crippen LogP contribution >= 0.6 is 0 Å². The van der Waals surface area contributed by atoms with Crippen molar-refractivity contribution in [2.24, 2.45) is 11.8 Å². The van der Waals surface area contributed by atoms with E-state index in [1.54, 1.807) is 0 Å². The maximum absolute atomic E-state index is 11.6. The Bertz CT molecular complexity index is 212. The number of esters is 1. The first kappa shape index (κ1) is 10.0. The van der Waals surface area contributed by atoms with Crippen molar-refractivity contribution < 1.29 is 9.53 Å². The molecule has 80 valence electrons. The van der Waals surface area contributed by atoms with Crippen LogP contribution < -0.4 is 0 Å². The Morgan fingerprint density at radius 2 is 2.14 bits per heavy atom. The smallest absolute Gasteiger partial charge is 0.309 e. The van der Waals surface area contributed by atoms with Gasteiger partial charge in [-0.25, -0.2) is 0 Å². The first-order valence-electron chi connectivity index (χ1n) is 6.03. The van der Waals surface area contributed by atoms with Gasteiger partial charge in [-0.3, -0.25) is 4.79 Å². The van der Waals surface area contributed by atoms with E-state index in [1.807, 2.05) is 0 Å². The third-order valence-corrected chi connectivity index (χ3v) is 3.71. The van der Waals surface area contributed by atoms with Gasteiger partial charge >= 0.3 is 5.97 Å². The van der Waals surface area contributed by atoms with Gasteiger partial charge in [0, 0.05) is 5.92 Å². The molecule has 0 amide bonds. The summed E-state index contributed by atoms with van der Waals surface area (Å²) in [6.45, 7) is 2.19. The average Bonchev–Trinajstić information content (AvgIpc) is 2.54. The number of carbonyl (C=O) groups is 1. The van der Waals surface area contributed by atoms with E-state index in [-0.39, 0.29) is 18.0 Å². The van der Waals surface area contributed by atoms with Crippen LogP contribution in [0.1, 0.15) is 51.9 Å². The Labute approximate surface area is 86.0 Å². The molecule has 0 aromatic rings. The van der Waals surface area contributed by atoms with Crippen LogP contribution in [0.25, 0.3) is 0 Å². The molecule has 2 nitrogen and oxygen atoms in total. The lowest BCUT2D eigenvalue weighted by Gasteiger charge is -2.24. The summed E-state index contributed by atoms with van der Waals surface area (Å²) in [7, 11) is 0. The highest BCUT2D eigenvalue weighted by atomic mass is 16.6. The molecule has 1 saturated heterocycles. The minimum atomic E-state index is 0.0933. The first-order chi connectivity index (χ1) is 6.83. The van der Waals surface area contributed by atoms with Crippen LogP contribution in [0.15, 0.2) is 0 Å². The van der Waals surface area contributed by atoms with E-state index >= 15 is 0 Å². The van der Waals surface area contributed by atoms with E-state index in [9.17, 15) is 4.79 Å². The van der Waals surface area contributed by atoms with Crippen molar-refractivity contribution >= 4 is 5.97 Å². The number of hydrogen-bond donors (Lipinski definition) is 0. The maximum Gasteiger partial charge on any atom is 0.309 e. The standard InChI is InChI=1S/C12H20O2/c1-2-3-8-11-9-6-4-5-7-10(9)12(13)14-11/h9-11H,2-8H2,1H3/t9-,10+,11+/m1/s1. The van der Waals surface area contributed by atoms with E-state index in [1.165, 1.54) is 32.1 Å². The van der Waals surface area contributed by atoms with Crippen LogP contribution in [0.2, 0.25) is 0 Å². The number of fused-ring (bicyclic) bond motifs is 1. The quantitative estimate of drug-likeness (QED) is 0.649. The molecule has 1 aliphatic heterocycles.